The molecule has 0 saturated carbocycles. The van der Waals surface area contributed by atoms with E-state index < -0.39 is 0 Å². The molecule has 1 saturated heterocycles. The van der Waals surface area contributed by atoms with Gasteiger partial charge in [-0.1, -0.05) is 11.6 Å². The molecule has 3 aromatic rings. The van der Waals surface area contributed by atoms with Crippen LogP contribution in [0.5, 0.6) is 5.75 Å². The number of pyridine rings is 1. The van der Waals surface area contributed by atoms with Gasteiger partial charge >= 0.3 is 0 Å². The van der Waals surface area contributed by atoms with Gasteiger partial charge in [0, 0.05) is 30.9 Å². The fraction of sp³-hybridized carbons (Fsp3) is 0.316. The number of nitrogens with zero attached hydrogens (tertiary/aromatic N) is 4. The summed E-state index contributed by atoms with van der Waals surface area (Å²) in [6.07, 6.45) is 3.34. The first-order chi connectivity index (χ1) is 13.1. The standard InChI is InChI=1S/C19H20ClN5O2/c1-27-16-5-3-15(4-6-16)21-18(26)13-8-10-24(11-9-13)19-23-22-17-7-2-14(20)12-25(17)19/h2-7,12-13H,8-11H2,1H3,(H,21,26). The molecule has 1 fully saturated rings. The van der Waals surface area contributed by atoms with Gasteiger partial charge in [-0.15, -0.1) is 10.2 Å². The van der Waals surface area contributed by atoms with Crippen LogP contribution in [-0.4, -0.2) is 40.7 Å². The Bertz CT molecular complexity index is 948. The summed E-state index contributed by atoms with van der Waals surface area (Å²) < 4.78 is 7.03. The number of ether oxygens (including phenoxy) is 1. The van der Waals surface area contributed by atoms with Gasteiger partial charge < -0.3 is 15.0 Å². The van der Waals surface area contributed by atoms with Crippen LogP contribution in [0.25, 0.3) is 5.65 Å². The molecule has 0 unspecified atom stereocenters. The zero-order chi connectivity index (χ0) is 18.8. The molecule has 3 heterocycles. The topological polar surface area (TPSA) is 71.8 Å². The van der Waals surface area contributed by atoms with Crippen LogP contribution in [0.2, 0.25) is 5.02 Å². The molecular weight excluding hydrogens is 366 g/mol. The number of hydrogen-bond acceptors (Lipinski definition) is 5. The van der Waals surface area contributed by atoms with Gasteiger partial charge in [-0.05, 0) is 49.2 Å². The van der Waals surface area contributed by atoms with Crippen LogP contribution in [-0.2, 0) is 4.79 Å². The van der Waals surface area contributed by atoms with Crippen LogP contribution in [0.1, 0.15) is 12.8 Å². The number of piperidine rings is 1. The Hall–Kier alpha value is -2.80. The Morgan fingerprint density at radius 1 is 1.15 bits per heavy atom. The normalized spacial score (nSPS) is 15.1. The number of methoxy groups -OCH3 is 1. The van der Waals surface area contributed by atoms with Gasteiger partial charge in [-0.25, -0.2) is 0 Å². The maximum absolute atomic E-state index is 12.6. The predicted octanol–water partition coefficient (Wildman–Crippen LogP) is 3.25. The highest BCUT2D eigenvalue weighted by atomic mass is 35.5. The van der Waals surface area contributed by atoms with Crippen molar-refractivity contribution in [3.8, 4) is 5.75 Å². The molecule has 7 nitrogen and oxygen atoms in total. The van der Waals surface area contributed by atoms with E-state index >= 15 is 0 Å². The number of hydrogen-bond donors (Lipinski definition) is 1. The minimum Gasteiger partial charge on any atom is -0.497 e. The molecular formula is C19H20ClN5O2. The summed E-state index contributed by atoms with van der Waals surface area (Å²) >= 11 is 6.09. The molecule has 8 heteroatoms. The van der Waals surface area contributed by atoms with Gasteiger partial charge in [-0.2, -0.15) is 0 Å². The van der Waals surface area contributed by atoms with E-state index in [9.17, 15) is 4.79 Å². The van der Waals surface area contributed by atoms with Crippen molar-refractivity contribution in [3.05, 3.63) is 47.6 Å². The number of halogens is 1. The van der Waals surface area contributed by atoms with E-state index in [1.54, 1.807) is 13.2 Å². The first-order valence-electron chi connectivity index (χ1n) is 8.84. The summed E-state index contributed by atoms with van der Waals surface area (Å²) in [6, 6.07) is 11.0. The van der Waals surface area contributed by atoms with E-state index in [-0.39, 0.29) is 11.8 Å². The Kier molecular flexibility index (Phi) is 4.85. The number of anilines is 2. The minimum atomic E-state index is -0.0221. The third kappa shape index (κ3) is 3.68. The predicted molar refractivity (Wildman–Crippen MR) is 105 cm³/mol. The number of aromatic nitrogens is 3. The van der Waals surface area contributed by atoms with Crippen molar-refractivity contribution in [2.45, 2.75) is 12.8 Å². The summed E-state index contributed by atoms with van der Waals surface area (Å²) in [5.41, 5.74) is 1.54. The SMILES string of the molecule is COc1ccc(NC(=O)C2CCN(c3nnc4ccc(Cl)cn34)CC2)cc1. The molecule has 0 bridgehead atoms. The fourth-order valence-corrected chi connectivity index (χ4v) is 3.49. The summed E-state index contributed by atoms with van der Waals surface area (Å²) in [7, 11) is 1.62. The van der Waals surface area contributed by atoms with Crippen molar-refractivity contribution in [1.82, 2.24) is 14.6 Å². The summed E-state index contributed by atoms with van der Waals surface area (Å²) in [6.45, 7) is 1.49. The lowest BCUT2D eigenvalue weighted by molar-refractivity contribution is -0.120. The van der Waals surface area contributed by atoms with Crippen LogP contribution in [0.4, 0.5) is 11.6 Å². The van der Waals surface area contributed by atoms with Crippen molar-refractivity contribution >= 4 is 34.8 Å². The highest BCUT2D eigenvalue weighted by Gasteiger charge is 2.27. The number of fused-ring (bicyclic) bond motifs is 1. The molecule has 2 aromatic heterocycles. The van der Waals surface area contributed by atoms with Crippen molar-refractivity contribution < 1.29 is 9.53 Å². The Labute approximate surface area is 161 Å². The monoisotopic (exact) mass is 385 g/mol. The maximum Gasteiger partial charge on any atom is 0.231 e. The number of nitrogens with one attached hydrogen (secondary N) is 1. The smallest absolute Gasteiger partial charge is 0.231 e. The lowest BCUT2D eigenvalue weighted by Crippen LogP contribution is -2.39. The average Bonchev–Trinajstić information content (AvgIpc) is 3.11. The third-order valence-electron chi connectivity index (χ3n) is 4.85. The molecule has 4 rings (SSSR count). The van der Waals surface area contributed by atoms with E-state index in [4.69, 9.17) is 16.3 Å². The molecule has 1 N–H and O–H groups in total. The lowest BCUT2D eigenvalue weighted by atomic mass is 9.96. The molecule has 1 aliphatic heterocycles. The van der Waals surface area contributed by atoms with E-state index in [2.05, 4.69) is 20.4 Å². The quantitative estimate of drug-likeness (QED) is 0.746. The highest BCUT2D eigenvalue weighted by molar-refractivity contribution is 6.30. The van der Waals surface area contributed by atoms with Crippen LogP contribution in [0.15, 0.2) is 42.6 Å². The van der Waals surface area contributed by atoms with E-state index in [1.165, 1.54) is 0 Å². The molecule has 1 aromatic carbocycles. The zero-order valence-electron chi connectivity index (χ0n) is 14.9. The summed E-state index contributed by atoms with van der Waals surface area (Å²) in [4.78, 5) is 14.7. The first kappa shape index (κ1) is 17.6. The second-order valence-electron chi connectivity index (χ2n) is 6.55. The second kappa shape index (κ2) is 7.44. The molecule has 27 heavy (non-hydrogen) atoms. The molecule has 0 radical (unpaired) electrons. The molecule has 0 aliphatic carbocycles. The van der Waals surface area contributed by atoms with Gasteiger partial charge in [0.05, 0.1) is 12.1 Å². The average molecular weight is 386 g/mol. The van der Waals surface area contributed by atoms with Gasteiger partial charge in [0.2, 0.25) is 11.9 Å². The number of rotatable bonds is 4. The van der Waals surface area contributed by atoms with Crippen LogP contribution >= 0.6 is 11.6 Å². The Morgan fingerprint density at radius 3 is 2.59 bits per heavy atom. The molecule has 1 aliphatic rings. The van der Waals surface area contributed by atoms with E-state index in [1.807, 2.05) is 40.9 Å². The fourth-order valence-electron chi connectivity index (χ4n) is 3.33. The summed E-state index contributed by atoms with van der Waals surface area (Å²) in [5.74, 6) is 1.56. The molecule has 0 atom stereocenters. The van der Waals surface area contributed by atoms with Gasteiger partial charge in [0.25, 0.3) is 0 Å². The first-order valence-corrected chi connectivity index (χ1v) is 9.22. The Morgan fingerprint density at radius 2 is 1.89 bits per heavy atom. The lowest BCUT2D eigenvalue weighted by Gasteiger charge is -2.31. The number of carbonyl (C=O) groups is 1. The zero-order valence-corrected chi connectivity index (χ0v) is 15.7. The van der Waals surface area contributed by atoms with Crippen molar-refractivity contribution in [3.63, 3.8) is 0 Å². The maximum atomic E-state index is 12.6. The summed E-state index contributed by atoms with van der Waals surface area (Å²) in [5, 5.41) is 12.1. The highest BCUT2D eigenvalue weighted by Crippen LogP contribution is 2.25. The number of carbonyl (C=O) groups excluding carboxylic acids is 1. The van der Waals surface area contributed by atoms with Crippen molar-refractivity contribution in [2.75, 3.05) is 30.4 Å². The largest absolute Gasteiger partial charge is 0.497 e. The van der Waals surface area contributed by atoms with E-state index in [0.717, 1.165) is 49.0 Å². The van der Waals surface area contributed by atoms with Crippen molar-refractivity contribution in [2.24, 2.45) is 5.92 Å². The molecule has 1 amide bonds. The van der Waals surface area contributed by atoms with Crippen LogP contribution < -0.4 is 15.0 Å². The third-order valence-corrected chi connectivity index (χ3v) is 5.08. The van der Waals surface area contributed by atoms with Crippen molar-refractivity contribution in [1.29, 1.82) is 0 Å². The minimum absolute atomic E-state index is 0.0221. The Balaban J connectivity index is 1.39. The van der Waals surface area contributed by atoms with Crippen LogP contribution in [0.3, 0.4) is 0 Å². The second-order valence-corrected chi connectivity index (χ2v) is 6.99. The van der Waals surface area contributed by atoms with E-state index in [0.29, 0.717) is 5.02 Å². The number of benzene rings is 1. The van der Waals surface area contributed by atoms with Crippen LogP contribution in [0, 0.1) is 5.92 Å². The number of amides is 1. The van der Waals surface area contributed by atoms with Gasteiger partial charge in [0.1, 0.15) is 5.75 Å². The molecule has 140 valence electrons. The molecule has 0 spiro atoms. The van der Waals surface area contributed by atoms with Gasteiger partial charge in [0.15, 0.2) is 5.65 Å². The van der Waals surface area contributed by atoms with Gasteiger partial charge in [-0.3, -0.25) is 9.20 Å².